The molecule has 1 aromatic rings. The highest BCUT2D eigenvalue weighted by Crippen LogP contribution is 2.15. The SMILES string of the molecule is CCN(C(=O)[C@H](N)c1ccccc1)C(C)CC(=O)O. The van der Waals surface area contributed by atoms with Crippen LogP contribution >= 0.6 is 0 Å². The highest BCUT2D eigenvalue weighted by Gasteiger charge is 2.26. The summed E-state index contributed by atoms with van der Waals surface area (Å²) in [5.74, 6) is -1.17. The highest BCUT2D eigenvalue weighted by molar-refractivity contribution is 5.83. The molecule has 1 rings (SSSR count). The van der Waals surface area contributed by atoms with Gasteiger partial charge in [0.05, 0.1) is 6.42 Å². The lowest BCUT2D eigenvalue weighted by atomic mass is 10.1. The Bertz CT molecular complexity index is 434. The number of carboxylic acid groups (broad SMARTS) is 1. The average molecular weight is 264 g/mol. The fourth-order valence-corrected chi connectivity index (χ4v) is 2.03. The molecule has 19 heavy (non-hydrogen) atoms. The number of benzene rings is 1. The summed E-state index contributed by atoms with van der Waals surface area (Å²) in [7, 11) is 0. The van der Waals surface area contributed by atoms with E-state index in [1.165, 1.54) is 4.90 Å². The Morgan fingerprint density at radius 2 is 1.89 bits per heavy atom. The van der Waals surface area contributed by atoms with Crippen LogP contribution in [-0.2, 0) is 9.59 Å². The summed E-state index contributed by atoms with van der Waals surface area (Å²) in [4.78, 5) is 24.5. The number of carbonyl (C=O) groups excluding carboxylic acids is 1. The van der Waals surface area contributed by atoms with Crippen molar-refractivity contribution in [1.82, 2.24) is 4.90 Å². The zero-order chi connectivity index (χ0) is 14.4. The first-order chi connectivity index (χ1) is 8.97. The van der Waals surface area contributed by atoms with Gasteiger partial charge in [-0.25, -0.2) is 0 Å². The molecule has 1 amide bonds. The van der Waals surface area contributed by atoms with Gasteiger partial charge < -0.3 is 15.7 Å². The number of nitrogens with zero attached hydrogens (tertiary/aromatic N) is 1. The minimum absolute atomic E-state index is 0.0823. The summed E-state index contributed by atoms with van der Waals surface area (Å²) >= 11 is 0. The third kappa shape index (κ3) is 4.06. The number of nitrogens with two attached hydrogens (primary N) is 1. The maximum atomic E-state index is 12.3. The number of carbonyl (C=O) groups is 2. The Balaban J connectivity index is 2.81. The Kier molecular flexibility index (Phi) is 5.51. The van der Waals surface area contributed by atoms with Gasteiger partial charge in [-0.05, 0) is 19.4 Å². The van der Waals surface area contributed by atoms with Crippen molar-refractivity contribution in [3.8, 4) is 0 Å². The minimum atomic E-state index is -0.924. The molecule has 5 nitrogen and oxygen atoms in total. The molecule has 1 unspecified atom stereocenters. The van der Waals surface area contributed by atoms with E-state index < -0.39 is 12.0 Å². The number of amides is 1. The molecule has 0 saturated carbocycles. The zero-order valence-corrected chi connectivity index (χ0v) is 11.2. The third-order valence-corrected chi connectivity index (χ3v) is 3.05. The maximum absolute atomic E-state index is 12.3. The van der Waals surface area contributed by atoms with E-state index in [0.717, 1.165) is 5.56 Å². The van der Waals surface area contributed by atoms with Crippen molar-refractivity contribution in [2.75, 3.05) is 6.54 Å². The van der Waals surface area contributed by atoms with Crippen molar-refractivity contribution in [3.63, 3.8) is 0 Å². The molecule has 5 heteroatoms. The van der Waals surface area contributed by atoms with Gasteiger partial charge in [0.15, 0.2) is 0 Å². The van der Waals surface area contributed by atoms with E-state index in [-0.39, 0.29) is 18.4 Å². The Morgan fingerprint density at radius 1 is 1.32 bits per heavy atom. The molecular weight excluding hydrogens is 244 g/mol. The molecule has 104 valence electrons. The van der Waals surface area contributed by atoms with Gasteiger partial charge in [0.1, 0.15) is 6.04 Å². The maximum Gasteiger partial charge on any atom is 0.305 e. The summed E-state index contributed by atoms with van der Waals surface area (Å²) in [5.41, 5.74) is 6.68. The van der Waals surface area contributed by atoms with Gasteiger partial charge in [0.2, 0.25) is 5.91 Å². The molecule has 1 aromatic carbocycles. The molecule has 0 aliphatic carbocycles. The van der Waals surface area contributed by atoms with Crippen molar-refractivity contribution in [2.45, 2.75) is 32.4 Å². The van der Waals surface area contributed by atoms with Crippen LogP contribution in [0.25, 0.3) is 0 Å². The second-order valence-electron chi connectivity index (χ2n) is 4.46. The topological polar surface area (TPSA) is 83.6 Å². The first kappa shape index (κ1) is 15.2. The van der Waals surface area contributed by atoms with Crippen LogP contribution in [0.4, 0.5) is 0 Å². The first-order valence-corrected chi connectivity index (χ1v) is 6.30. The smallest absolute Gasteiger partial charge is 0.305 e. The van der Waals surface area contributed by atoms with Crippen LogP contribution in [0.2, 0.25) is 0 Å². The fraction of sp³-hybridized carbons (Fsp3) is 0.429. The van der Waals surface area contributed by atoms with Crippen molar-refractivity contribution >= 4 is 11.9 Å². The molecule has 0 aromatic heterocycles. The third-order valence-electron chi connectivity index (χ3n) is 3.05. The number of aliphatic carboxylic acids is 1. The van der Waals surface area contributed by atoms with E-state index in [1.54, 1.807) is 19.1 Å². The fourth-order valence-electron chi connectivity index (χ4n) is 2.03. The lowest BCUT2D eigenvalue weighted by Crippen LogP contribution is -2.44. The predicted octanol–water partition coefficient (Wildman–Crippen LogP) is 1.40. The average Bonchev–Trinajstić information content (AvgIpc) is 2.38. The van der Waals surface area contributed by atoms with Gasteiger partial charge in [0.25, 0.3) is 0 Å². The number of rotatable bonds is 6. The van der Waals surface area contributed by atoms with Crippen molar-refractivity contribution in [2.24, 2.45) is 5.73 Å². The lowest BCUT2D eigenvalue weighted by Gasteiger charge is -2.29. The second-order valence-corrected chi connectivity index (χ2v) is 4.46. The first-order valence-electron chi connectivity index (χ1n) is 6.30. The number of carboxylic acids is 1. The predicted molar refractivity (Wildman–Crippen MR) is 72.5 cm³/mol. The summed E-state index contributed by atoms with van der Waals surface area (Å²) in [6.45, 7) is 3.97. The highest BCUT2D eigenvalue weighted by atomic mass is 16.4. The molecule has 0 saturated heterocycles. The van der Waals surface area contributed by atoms with Crippen LogP contribution in [0.1, 0.15) is 31.9 Å². The van der Waals surface area contributed by atoms with Crippen LogP contribution in [0.3, 0.4) is 0 Å². The van der Waals surface area contributed by atoms with Gasteiger partial charge in [-0.2, -0.15) is 0 Å². The molecule has 2 atom stereocenters. The van der Waals surface area contributed by atoms with E-state index >= 15 is 0 Å². The van der Waals surface area contributed by atoms with Gasteiger partial charge in [-0.1, -0.05) is 30.3 Å². The molecule has 0 radical (unpaired) electrons. The van der Waals surface area contributed by atoms with Gasteiger partial charge in [-0.3, -0.25) is 9.59 Å². The van der Waals surface area contributed by atoms with E-state index in [4.69, 9.17) is 10.8 Å². The van der Waals surface area contributed by atoms with Crippen LogP contribution < -0.4 is 5.73 Å². The standard InChI is InChI=1S/C14H20N2O3/c1-3-16(10(2)9-12(17)18)14(19)13(15)11-7-5-4-6-8-11/h4-8,10,13H,3,9,15H2,1-2H3,(H,17,18)/t10?,13-/m1/s1. The van der Waals surface area contributed by atoms with Gasteiger partial charge in [-0.15, -0.1) is 0 Å². The van der Waals surface area contributed by atoms with Crippen molar-refractivity contribution < 1.29 is 14.7 Å². The molecule has 0 fully saturated rings. The van der Waals surface area contributed by atoms with Crippen molar-refractivity contribution in [3.05, 3.63) is 35.9 Å². The van der Waals surface area contributed by atoms with Crippen LogP contribution in [-0.4, -0.2) is 34.5 Å². The van der Waals surface area contributed by atoms with Crippen LogP contribution in [0.15, 0.2) is 30.3 Å². The summed E-state index contributed by atoms with van der Waals surface area (Å²) in [5, 5.41) is 8.80. The molecule has 0 bridgehead atoms. The summed E-state index contributed by atoms with van der Waals surface area (Å²) in [6, 6.07) is 7.95. The van der Waals surface area contributed by atoms with Gasteiger partial charge >= 0.3 is 5.97 Å². The van der Waals surface area contributed by atoms with E-state index in [2.05, 4.69) is 0 Å². The second kappa shape index (κ2) is 6.89. The van der Waals surface area contributed by atoms with E-state index in [1.807, 2.05) is 25.1 Å². The molecule has 0 heterocycles. The van der Waals surface area contributed by atoms with Crippen LogP contribution in [0.5, 0.6) is 0 Å². The lowest BCUT2D eigenvalue weighted by molar-refractivity contribution is -0.140. The monoisotopic (exact) mass is 264 g/mol. The Labute approximate surface area is 113 Å². The summed E-state index contributed by atoms with van der Waals surface area (Å²) in [6.07, 6.45) is -0.0823. The molecule has 0 spiro atoms. The Hall–Kier alpha value is -1.88. The zero-order valence-electron chi connectivity index (χ0n) is 11.2. The number of hydrogen-bond acceptors (Lipinski definition) is 3. The molecule has 0 aliphatic heterocycles. The quantitative estimate of drug-likeness (QED) is 0.813. The van der Waals surface area contributed by atoms with Gasteiger partial charge in [0, 0.05) is 12.6 Å². The molecule has 0 aliphatic rings. The van der Waals surface area contributed by atoms with Crippen molar-refractivity contribution in [1.29, 1.82) is 0 Å². The Morgan fingerprint density at radius 3 is 2.37 bits per heavy atom. The van der Waals surface area contributed by atoms with E-state index in [9.17, 15) is 9.59 Å². The minimum Gasteiger partial charge on any atom is -0.481 e. The van der Waals surface area contributed by atoms with E-state index in [0.29, 0.717) is 6.54 Å². The van der Waals surface area contributed by atoms with Crippen LogP contribution in [0, 0.1) is 0 Å². The molecule has 3 N–H and O–H groups in total. The normalized spacial score (nSPS) is 13.6. The molecular formula is C14H20N2O3. The number of likely N-dealkylation sites (N-methyl/N-ethyl adjacent to an activating group) is 1. The largest absolute Gasteiger partial charge is 0.481 e. The number of hydrogen-bond donors (Lipinski definition) is 2. The summed E-state index contributed by atoms with van der Waals surface area (Å²) < 4.78 is 0.